The van der Waals surface area contributed by atoms with Gasteiger partial charge < -0.3 is 15.0 Å². The fraction of sp³-hybridized carbons (Fsp3) is 0.636. The number of hydrogen-bond donors (Lipinski definition) is 2. The van der Waals surface area contributed by atoms with Crippen LogP contribution in [0.2, 0.25) is 0 Å². The van der Waals surface area contributed by atoms with Gasteiger partial charge >= 0.3 is 0 Å². The molecule has 2 heterocycles. The Hall–Kier alpha value is -0.800. The summed E-state index contributed by atoms with van der Waals surface area (Å²) in [6, 6.07) is 4.72. The third-order valence-corrected chi connectivity index (χ3v) is 2.77. The van der Waals surface area contributed by atoms with Crippen molar-refractivity contribution in [3.63, 3.8) is 0 Å². The van der Waals surface area contributed by atoms with Gasteiger partial charge in [0.2, 0.25) is 0 Å². The van der Waals surface area contributed by atoms with Crippen LogP contribution in [0.25, 0.3) is 0 Å². The van der Waals surface area contributed by atoms with Gasteiger partial charge in [-0.1, -0.05) is 13.8 Å². The van der Waals surface area contributed by atoms with Crippen LogP contribution < -0.4 is 5.32 Å². The number of hydrogen-bond acceptors (Lipinski definition) is 2. The summed E-state index contributed by atoms with van der Waals surface area (Å²) in [5.74, 6) is 0. The first-order chi connectivity index (χ1) is 6.73. The van der Waals surface area contributed by atoms with Crippen LogP contribution in [0, 0.1) is 0 Å². The van der Waals surface area contributed by atoms with E-state index >= 15 is 0 Å². The molecular weight excluding hydrogens is 176 g/mol. The first-order valence-electron chi connectivity index (χ1n) is 5.18. The highest BCUT2D eigenvalue weighted by molar-refractivity contribution is 5.21. The average Bonchev–Trinajstić information content (AvgIpc) is 2.55. The van der Waals surface area contributed by atoms with Gasteiger partial charge in [-0.05, 0) is 12.1 Å². The van der Waals surface area contributed by atoms with Crippen molar-refractivity contribution >= 4 is 0 Å². The molecule has 1 aromatic rings. The highest BCUT2D eigenvalue weighted by Crippen LogP contribution is 2.30. The summed E-state index contributed by atoms with van der Waals surface area (Å²) in [6.45, 7) is 6.98. The maximum absolute atomic E-state index is 5.33. The zero-order valence-electron chi connectivity index (χ0n) is 8.84. The van der Waals surface area contributed by atoms with Crippen molar-refractivity contribution < 1.29 is 4.74 Å². The molecule has 0 aliphatic carbocycles. The van der Waals surface area contributed by atoms with Crippen molar-refractivity contribution in [2.45, 2.75) is 25.3 Å². The standard InChI is InChI=1S/C11H18N2O/c1-9(2)13-6-11(7-14-8-11)10-4-3-5-12-10/h3-5,9,12-13H,6-8H2,1-2H3. The molecule has 14 heavy (non-hydrogen) atoms. The van der Waals surface area contributed by atoms with E-state index in [0.717, 1.165) is 19.8 Å². The Kier molecular flexibility index (Phi) is 2.61. The fourth-order valence-corrected chi connectivity index (χ4v) is 1.76. The highest BCUT2D eigenvalue weighted by atomic mass is 16.5. The van der Waals surface area contributed by atoms with E-state index in [4.69, 9.17) is 4.74 Å². The lowest BCUT2D eigenvalue weighted by atomic mass is 9.82. The molecule has 2 N–H and O–H groups in total. The summed E-state index contributed by atoms with van der Waals surface area (Å²) >= 11 is 0. The van der Waals surface area contributed by atoms with Gasteiger partial charge in [0.15, 0.2) is 0 Å². The molecular formula is C11H18N2O. The predicted molar refractivity (Wildman–Crippen MR) is 56.4 cm³/mol. The molecule has 0 atom stereocenters. The van der Waals surface area contributed by atoms with Gasteiger partial charge in [0.25, 0.3) is 0 Å². The summed E-state index contributed by atoms with van der Waals surface area (Å²) in [6.07, 6.45) is 1.98. The van der Waals surface area contributed by atoms with Crippen molar-refractivity contribution in [2.75, 3.05) is 19.8 Å². The van der Waals surface area contributed by atoms with Crippen LogP contribution >= 0.6 is 0 Å². The molecule has 1 fully saturated rings. The molecule has 0 radical (unpaired) electrons. The van der Waals surface area contributed by atoms with Crippen LogP contribution in [0.3, 0.4) is 0 Å². The van der Waals surface area contributed by atoms with Gasteiger partial charge in [0.1, 0.15) is 0 Å². The second-order valence-corrected chi connectivity index (χ2v) is 4.39. The smallest absolute Gasteiger partial charge is 0.0694 e. The largest absolute Gasteiger partial charge is 0.379 e. The molecule has 3 heteroatoms. The summed E-state index contributed by atoms with van der Waals surface area (Å²) in [5.41, 5.74) is 1.48. The molecule has 78 valence electrons. The molecule has 1 aliphatic rings. The van der Waals surface area contributed by atoms with Crippen molar-refractivity contribution in [2.24, 2.45) is 0 Å². The molecule has 0 bridgehead atoms. The van der Waals surface area contributed by atoms with E-state index in [1.54, 1.807) is 0 Å². The number of nitrogens with one attached hydrogen (secondary N) is 2. The predicted octanol–water partition coefficient (Wildman–Crippen LogP) is 1.28. The Morgan fingerprint density at radius 3 is 2.79 bits per heavy atom. The van der Waals surface area contributed by atoms with Gasteiger partial charge in [-0.2, -0.15) is 0 Å². The Balaban J connectivity index is 2.03. The van der Waals surface area contributed by atoms with Crippen LogP contribution in [0.1, 0.15) is 19.5 Å². The molecule has 0 saturated carbocycles. The summed E-state index contributed by atoms with van der Waals surface area (Å²) in [7, 11) is 0. The lowest BCUT2D eigenvalue weighted by molar-refractivity contribution is -0.0615. The topological polar surface area (TPSA) is 37.0 Å². The lowest BCUT2D eigenvalue weighted by Gasteiger charge is -2.41. The van der Waals surface area contributed by atoms with E-state index in [9.17, 15) is 0 Å². The maximum atomic E-state index is 5.33. The van der Waals surface area contributed by atoms with Gasteiger partial charge in [0.05, 0.1) is 18.6 Å². The number of aromatic nitrogens is 1. The van der Waals surface area contributed by atoms with Crippen LogP contribution in [-0.4, -0.2) is 30.8 Å². The van der Waals surface area contributed by atoms with E-state index in [0.29, 0.717) is 6.04 Å². The lowest BCUT2D eigenvalue weighted by Crippen LogP contribution is -2.54. The molecule has 1 aromatic heterocycles. The average molecular weight is 194 g/mol. The Bertz CT molecular complexity index is 275. The van der Waals surface area contributed by atoms with Crippen molar-refractivity contribution in [3.8, 4) is 0 Å². The normalized spacial score (nSPS) is 19.6. The van der Waals surface area contributed by atoms with E-state index in [2.05, 4.69) is 30.2 Å². The highest BCUT2D eigenvalue weighted by Gasteiger charge is 2.40. The molecule has 2 rings (SSSR count). The summed E-state index contributed by atoms with van der Waals surface area (Å²) < 4.78 is 5.33. The van der Waals surface area contributed by atoms with Crippen LogP contribution in [-0.2, 0) is 10.2 Å². The van der Waals surface area contributed by atoms with E-state index < -0.39 is 0 Å². The first kappa shape index (κ1) is 9.74. The van der Waals surface area contributed by atoms with E-state index in [-0.39, 0.29) is 5.41 Å². The second-order valence-electron chi connectivity index (χ2n) is 4.39. The van der Waals surface area contributed by atoms with Gasteiger partial charge in [-0.15, -0.1) is 0 Å². The molecule has 3 nitrogen and oxygen atoms in total. The number of aromatic amines is 1. The first-order valence-corrected chi connectivity index (χ1v) is 5.18. The second kappa shape index (κ2) is 3.75. The van der Waals surface area contributed by atoms with E-state index in [1.165, 1.54) is 5.69 Å². The van der Waals surface area contributed by atoms with Crippen molar-refractivity contribution in [3.05, 3.63) is 24.0 Å². The molecule has 0 unspecified atom stereocenters. The monoisotopic (exact) mass is 194 g/mol. The van der Waals surface area contributed by atoms with Crippen molar-refractivity contribution in [1.82, 2.24) is 10.3 Å². The van der Waals surface area contributed by atoms with Crippen LogP contribution in [0.5, 0.6) is 0 Å². The number of rotatable bonds is 4. The molecule has 1 saturated heterocycles. The van der Waals surface area contributed by atoms with Crippen molar-refractivity contribution in [1.29, 1.82) is 0 Å². The van der Waals surface area contributed by atoms with Crippen LogP contribution in [0.4, 0.5) is 0 Å². The fourth-order valence-electron chi connectivity index (χ4n) is 1.76. The van der Waals surface area contributed by atoms with Gasteiger partial charge in [0, 0.05) is 24.5 Å². The van der Waals surface area contributed by atoms with Gasteiger partial charge in [-0.25, -0.2) is 0 Å². The molecule has 1 aliphatic heterocycles. The number of ether oxygens (including phenoxy) is 1. The van der Waals surface area contributed by atoms with Gasteiger partial charge in [-0.3, -0.25) is 0 Å². The Morgan fingerprint density at radius 1 is 1.57 bits per heavy atom. The summed E-state index contributed by atoms with van der Waals surface area (Å²) in [4.78, 5) is 3.28. The van der Waals surface area contributed by atoms with Crippen LogP contribution in [0.15, 0.2) is 18.3 Å². The molecule has 0 amide bonds. The summed E-state index contributed by atoms with van der Waals surface area (Å²) in [5, 5.41) is 3.48. The zero-order valence-corrected chi connectivity index (χ0v) is 8.84. The quantitative estimate of drug-likeness (QED) is 0.757. The Morgan fingerprint density at radius 2 is 2.36 bits per heavy atom. The molecule has 0 aromatic carbocycles. The minimum absolute atomic E-state index is 0.188. The maximum Gasteiger partial charge on any atom is 0.0694 e. The number of H-pyrrole nitrogens is 1. The minimum atomic E-state index is 0.188. The zero-order chi connectivity index (χ0) is 10.0. The SMILES string of the molecule is CC(C)NCC1(c2ccc[nH]2)COC1. The third-order valence-electron chi connectivity index (χ3n) is 2.77. The molecule has 0 spiro atoms. The third kappa shape index (κ3) is 1.70. The van der Waals surface area contributed by atoms with E-state index in [1.807, 2.05) is 12.3 Å². The minimum Gasteiger partial charge on any atom is -0.379 e. The Labute approximate surface area is 84.9 Å².